The van der Waals surface area contributed by atoms with Crippen molar-refractivity contribution in [2.24, 2.45) is 7.05 Å². The average molecular weight is 254 g/mol. The zero-order valence-electron chi connectivity index (χ0n) is 7.51. The normalized spacial score (nSPS) is 10.1. The number of rotatable bonds is 2. The fourth-order valence-electron chi connectivity index (χ4n) is 1.02. The monoisotopic (exact) mass is 253 g/mol. The quantitative estimate of drug-likeness (QED) is 0.772. The maximum atomic E-state index is 5.46. The molecule has 0 saturated carbocycles. The Balaban J connectivity index is 2.18. The van der Waals surface area contributed by atoms with Gasteiger partial charge in [-0.25, -0.2) is 4.98 Å². The molecule has 0 aliphatic carbocycles. The molecule has 0 amide bonds. The predicted molar refractivity (Wildman–Crippen MR) is 55.2 cm³/mol. The molecule has 14 heavy (non-hydrogen) atoms. The largest absolute Gasteiger partial charge is 0.436 e. The first kappa shape index (κ1) is 9.21. The van der Waals surface area contributed by atoms with Gasteiger partial charge in [0.25, 0.3) is 0 Å². The van der Waals surface area contributed by atoms with E-state index in [9.17, 15) is 0 Å². The summed E-state index contributed by atoms with van der Waals surface area (Å²) < 4.78 is 7.88. The van der Waals surface area contributed by atoms with E-state index >= 15 is 0 Å². The molecule has 2 aromatic rings. The summed E-state index contributed by atoms with van der Waals surface area (Å²) in [6.45, 7) is 0. The molecule has 72 valence electrons. The van der Waals surface area contributed by atoms with Crippen molar-refractivity contribution in [2.75, 3.05) is 0 Å². The van der Waals surface area contributed by atoms with Gasteiger partial charge in [0, 0.05) is 13.1 Å². The molecule has 0 spiro atoms. The van der Waals surface area contributed by atoms with Crippen LogP contribution in [0.4, 0.5) is 0 Å². The van der Waals surface area contributed by atoms with Crippen LogP contribution in [0.5, 0.6) is 11.6 Å². The van der Waals surface area contributed by atoms with Crippen molar-refractivity contribution in [3.05, 3.63) is 35.2 Å². The summed E-state index contributed by atoms with van der Waals surface area (Å²) in [6, 6.07) is 5.50. The van der Waals surface area contributed by atoms with Crippen molar-refractivity contribution in [1.82, 2.24) is 14.8 Å². The number of halogens is 1. The molecule has 0 aliphatic rings. The zero-order valence-corrected chi connectivity index (χ0v) is 9.10. The van der Waals surface area contributed by atoms with E-state index in [0.29, 0.717) is 11.6 Å². The molecule has 0 bridgehead atoms. The first-order valence-electron chi connectivity index (χ1n) is 4.03. The van der Waals surface area contributed by atoms with Crippen LogP contribution >= 0.6 is 15.9 Å². The number of pyridine rings is 1. The third kappa shape index (κ3) is 2.11. The van der Waals surface area contributed by atoms with Crippen LogP contribution in [0.1, 0.15) is 0 Å². The van der Waals surface area contributed by atoms with Crippen molar-refractivity contribution >= 4 is 15.9 Å². The van der Waals surface area contributed by atoms with E-state index in [-0.39, 0.29) is 0 Å². The summed E-state index contributed by atoms with van der Waals surface area (Å²) in [6.07, 6.45) is 3.42. The molecule has 4 nitrogen and oxygen atoms in total. The van der Waals surface area contributed by atoms with Crippen LogP contribution in [-0.4, -0.2) is 14.8 Å². The Kier molecular flexibility index (Phi) is 2.49. The van der Waals surface area contributed by atoms with Crippen molar-refractivity contribution in [3.8, 4) is 11.6 Å². The third-order valence-corrected chi connectivity index (χ3v) is 2.03. The van der Waals surface area contributed by atoms with E-state index in [1.807, 2.05) is 19.2 Å². The number of nitrogens with zero attached hydrogens (tertiary/aromatic N) is 3. The minimum atomic E-state index is 0.548. The highest BCUT2D eigenvalue weighted by molar-refractivity contribution is 9.10. The van der Waals surface area contributed by atoms with Crippen LogP contribution in [0.3, 0.4) is 0 Å². The topological polar surface area (TPSA) is 39.9 Å². The van der Waals surface area contributed by atoms with Gasteiger partial charge in [0.2, 0.25) is 5.88 Å². The summed E-state index contributed by atoms with van der Waals surface area (Å²) in [4.78, 5) is 4.14. The summed E-state index contributed by atoms with van der Waals surface area (Å²) in [5, 5.41) is 3.99. The molecule has 0 radical (unpaired) electrons. The Morgan fingerprint density at radius 3 is 2.93 bits per heavy atom. The number of ether oxygens (including phenoxy) is 1. The highest BCUT2D eigenvalue weighted by Crippen LogP contribution is 2.19. The molecule has 0 saturated heterocycles. The minimum absolute atomic E-state index is 0.548. The van der Waals surface area contributed by atoms with Crippen molar-refractivity contribution in [3.63, 3.8) is 0 Å². The molecule has 0 unspecified atom stereocenters. The van der Waals surface area contributed by atoms with Crippen LogP contribution in [0.25, 0.3) is 0 Å². The van der Waals surface area contributed by atoms with Gasteiger partial charge >= 0.3 is 0 Å². The van der Waals surface area contributed by atoms with E-state index in [4.69, 9.17) is 4.74 Å². The first-order valence-corrected chi connectivity index (χ1v) is 4.82. The zero-order chi connectivity index (χ0) is 9.97. The molecule has 0 N–H and O–H groups in total. The SMILES string of the molecule is Cn1cc(Oc2cccc(Br)n2)cn1. The van der Waals surface area contributed by atoms with E-state index in [1.54, 1.807) is 23.1 Å². The molecule has 0 aliphatic heterocycles. The fraction of sp³-hybridized carbons (Fsp3) is 0.111. The second-order valence-electron chi connectivity index (χ2n) is 2.75. The van der Waals surface area contributed by atoms with Crippen LogP contribution in [0.15, 0.2) is 35.2 Å². The second kappa shape index (κ2) is 3.79. The van der Waals surface area contributed by atoms with E-state index < -0.39 is 0 Å². The Morgan fingerprint density at radius 1 is 1.43 bits per heavy atom. The third-order valence-electron chi connectivity index (χ3n) is 1.59. The van der Waals surface area contributed by atoms with Gasteiger partial charge in [-0.3, -0.25) is 4.68 Å². The molecular weight excluding hydrogens is 246 g/mol. The molecule has 0 fully saturated rings. The number of aryl methyl sites for hydroxylation is 1. The van der Waals surface area contributed by atoms with Crippen molar-refractivity contribution in [2.45, 2.75) is 0 Å². The van der Waals surface area contributed by atoms with Crippen molar-refractivity contribution < 1.29 is 4.74 Å². The predicted octanol–water partition coefficient (Wildman–Crippen LogP) is 2.37. The Bertz CT molecular complexity index is 441. The van der Waals surface area contributed by atoms with Crippen molar-refractivity contribution in [1.29, 1.82) is 0 Å². The maximum absolute atomic E-state index is 5.46. The van der Waals surface area contributed by atoms with Crippen LogP contribution in [0.2, 0.25) is 0 Å². The lowest BCUT2D eigenvalue weighted by molar-refractivity contribution is 0.461. The van der Waals surface area contributed by atoms with Crippen LogP contribution < -0.4 is 4.74 Å². The lowest BCUT2D eigenvalue weighted by Crippen LogP contribution is -1.87. The summed E-state index contributed by atoms with van der Waals surface area (Å²) in [7, 11) is 1.83. The minimum Gasteiger partial charge on any atom is -0.436 e. The molecular formula is C9H8BrN3O. The van der Waals surface area contributed by atoms with Gasteiger partial charge in [0.1, 0.15) is 4.60 Å². The van der Waals surface area contributed by atoms with Gasteiger partial charge in [-0.2, -0.15) is 5.10 Å². The van der Waals surface area contributed by atoms with Gasteiger partial charge < -0.3 is 4.74 Å². The average Bonchev–Trinajstić information content (AvgIpc) is 2.51. The van der Waals surface area contributed by atoms with Crippen LogP contribution in [0, 0.1) is 0 Å². The van der Waals surface area contributed by atoms with E-state index in [2.05, 4.69) is 26.0 Å². The summed E-state index contributed by atoms with van der Waals surface area (Å²) >= 11 is 3.27. The molecule has 5 heteroatoms. The Morgan fingerprint density at radius 2 is 2.29 bits per heavy atom. The maximum Gasteiger partial charge on any atom is 0.220 e. The van der Waals surface area contributed by atoms with Gasteiger partial charge in [-0.1, -0.05) is 6.07 Å². The number of aromatic nitrogens is 3. The first-order chi connectivity index (χ1) is 6.74. The van der Waals surface area contributed by atoms with Gasteiger partial charge in [0.05, 0.1) is 12.4 Å². The highest BCUT2D eigenvalue weighted by Gasteiger charge is 2.00. The highest BCUT2D eigenvalue weighted by atomic mass is 79.9. The Labute approximate surface area is 89.7 Å². The number of hydrogen-bond acceptors (Lipinski definition) is 3. The Hall–Kier alpha value is -1.36. The standard InChI is InChI=1S/C9H8BrN3O/c1-13-6-7(5-11-13)14-9-4-2-3-8(10)12-9/h2-6H,1H3. The van der Waals surface area contributed by atoms with Gasteiger partial charge in [-0.15, -0.1) is 0 Å². The van der Waals surface area contributed by atoms with Crippen LogP contribution in [-0.2, 0) is 7.05 Å². The number of hydrogen-bond donors (Lipinski definition) is 0. The van der Waals surface area contributed by atoms with Gasteiger partial charge in [0.15, 0.2) is 5.75 Å². The molecule has 2 aromatic heterocycles. The second-order valence-corrected chi connectivity index (χ2v) is 3.56. The summed E-state index contributed by atoms with van der Waals surface area (Å²) in [5.74, 6) is 1.23. The van der Waals surface area contributed by atoms with Gasteiger partial charge in [-0.05, 0) is 22.0 Å². The lowest BCUT2D eigenvalue weighted by atomic mass is 10.5. The molecule has 2 heterocycles. The van der Waals surface area contributed by atoms with E-state index in [0.717, 1.165) is 4.60 Å². The molecule has 0 aromatic carbocycles. The smallest absolute Gasteiger partial charge is 0.220 e. The summed E-state index contributed by atoms with van der Waals surface area (Å²) in [5.41, 5.74) is 0. The molecule has 0 atom stereocenters. The van der Waals surface area contributed by atoms with E-state index in [1.165, 1.54) is 0 Å². The lowest BCUT2D eigenvalue weighted by Gasteiger charge is -2.00. The fourth-order valence-corrected chi connectivity index (χ4v) is 1.35. The molecule has 2 rings (SSSR count).